The number of aromatic nitrogens is 3. The standard InChI is InChI=1S/C12H12N4O2/c17-12(18)9-7-15-16-10(3-5-14-11(9)16)8-2-1-4-13-6-8/h1-2,4,6-7,10,14H,3,5H2,(H,17,18). The highest BCUT2D eigenvalue weighted by molar-refractivity contribution is 5.93. The van der Waals surface area contributed by atoms with Crippen molar-refractivity contribution in [3.05, 3.63) is 41.9 Å². The van der Waals surface area contributed by atoms with E-state index in [0.717, 1.165) is 18.5 Å². The average Bonchev–Trinajstić information content (AvgIpc) is 2.83. The SMILES string of the molecule is O=C(O)c1cnn2c1NCCC2c1cccnc1. The van der Waals surface area contributed by atoms with E-state index >= 15 is 0 Å². The van der Waals surface area contributed by atoms with Gasteiger partial charge in [-0.05, 0) is 18.1 Å². The van der Waals surface area contributed by atoms with Crippen molar-refractivity contribution in [1.82, 2.24) is 14.8 Å². The van der Waals surface area contributed by atoms with E-state index in [1.54, 1.807) is 17.1 Å². The second-order valence-corrected chi connectivity index (χ2v) is 4.17. The molecule has 92 valence electrons. The van der Waals surface area contributed by atoms with Gasteiger partial charge in [-0.3, -0.25) is 4.98 Å². The van der Waals surface area contributed by atoms with Crippen LogP contribution in [-0.2, 0) is 0 Å². The van der Waals surface area contributed by atoms with Crippen LogP contribution in [0.25, 0.3) is 0 Å². The highest BCUT2D eigenvalue weighted by Crippen LogP contribution is 2.30. The van der Waals surface area contributed by atoms with Gasteiger partial charge in [0.25, 0.3) is 0 Å². The largest absolute Gasteiger partial charge is 0.477 e. The van der Waals surface area contributed by atoms with Crippen LogP contribution in [0, 0.1) is 0 Å². The molecule has 0 radical (unpaired) electrons. The number of hydrogen-bond donors (Lipinski definition) is 2. The molecular formula is C12H12N4O2. The molecule has 0 spiro atoms. The molecule has 3 heterocycles. The first kappa shape index (κ1) is 10.8. The average molecular weight is 244 g/mol. The van der Waals surface area contributed by atoms with Gasteiger partial charge in [-0.2, -0.15) is 5.10 Å². The summed E-state index contributed by atoms with van der Waals surface area (Å²) in [5.41, 5.74) is 1.25. The van der Waals surface area contributed by atoms with Crippen molar-refractivity contribution in [1.29, 1.82) is 0 Å². The molecule has 1 atom stereocenters. The minimum Gasteiger partial charge on any atom is -0.477 e. The van der Waals surface area contributed by atoms with E-state index in [1.165, 1.54) is 6.20 Å². The number of nitrogens with one attached hydrogen (secondary N) is 1. The number of nitrogens with zero attached hydrogens (tertiary/aromatic N) is 3. The molecule has 0 bridgehead atoms. The number of hydrogen-bond acceptors (Lipinski definition) is 4. The van der Waals surface area contributed by atoms with Crippen molar-refractivity contribution in [3.63, 3.8) is 0 Å². The predicted molar refractivity (Wildman–Crippen MR) is 64.7 cm³/mol. The topological polar surface area (TPSA) is 80.0 Å². The smallest absolute Gasteiger partial charge is 0.341 e. The fraction of sp³-hybridized carbons (Fsp3) is 0.250. The van der Waals surface area contributed by atoms with Crippen LogP contribution in [-0.4, -0.2) is 32.4 Å². The number of carboxylic acids is 1. The van der Waals surface area contributed by atoms with Gasteiger partial charge in [0, 0.05) is 18.9 Å². The fourth-order valence-electron chi connectivity index (χ4n) is 2.26. The van der Waals surface area contributed by atoms with Crippen LogP contribution in [0.3, 0.4) is 0 Å². The van der Waals surface area contributed by atoms with Gasteiger partial charge >= 0.3 is 5.97 Å². The van der Waals surface area contributed by atoms with Crippen LogP contribution in [0.4, 0.5) is 5.82 Å². The van der Waals surface area contributed by atoms with Crippen molar-refractivity contribution in [2.24, 2.45) is 0 Å². The second kappa shape index (κ2) is 4.14. The van der Waals surface area contributed by atoms with E-state index < -0.39 is 5.97 Å². The molecule has 0 aromatic carbocycles. The Kier molecular flexibility index (Phi) is 2.47. The second-order valence-electron chi connectivity index (χ2n) is 4.17. The van der Waals surface area contributed by atoms with Crippen molar-refractivity contribution < 1.29 is 9.90 Å². The molecule has 1 aliphatic heterocycles. The van der Waals surface area contributed by atoms with E-state index in [-0.39, 0.29) is 11.6 Å². The maximum absolute atomic E-state index is 11.1. The van der Waals surface area contributed by atoms with Crippen molar-refractivity contribution in [2.75, 3.05) is 11.9 Å². The normalized spacial score (nSPS) is 17.9. The molecule has 0 aliphatic carbocycles. The Labute approximate surface area is 103 Å². The summed E-state index contributed by atoms with van der Waals surface area (Å²) in [4.78, 5) is 15.2. The minimum atomic E-state index is -0.962. The van der Waals surface area contributed by atoms with E-state index in [9.17, 15) is 4.79 Å². The molecule has 6 heteroatoms. The Morgan fingerprint density at radius 1 is 1.50 bits per heavy atom. The Balaban J connectivity index is 2.06. The lowest BCUT2D eigenvalue weighted by atomic mass is 10.0. The van der Waals surface area contributed by atoms with E-state index in [4.69, 9.17) is 5.11 Å². The molecule has 2 aromatic heterocycles. The lowest BCUT2D eigenvalue weighted by molar-refractivity contribution is 0.0697. The number of carboxylic acid groups (broad SMARTS) is 1. The summed E-state index contributed by atoms with van der Waals surface area (Å²) in [6, 6.07) is 3.90. The quantitative estimate of drug-likeness (QED) is 0.834. The molecule has 18 heavy (non-hydrogen) atoms. The van der Waals surface area contributed by atoms with Gasteiger partial charge in [0.2, 0.25) is 0 Å². The number of carbonyl (C=O) groups is 1. The number of fused-ring (bicyclic) bond motifs is 1. The summed E-state index contributed by atoms with van der Waals surface area (Å²) in [6.45, 7) is 0.728. The molecule has 0 fully saturated rings. The molecule has 1 aliphatic rings. The van der Waals surface area contributed by atoms with E-state index in [1.807, 2.05) is 12.1 Å². The lowest BCUT2D eigenvalue weighted by Crippen LogP contribution is -2.25. The molecule has 2 aromatic rings. The highest BCUT2D eigenvalue weighted by atomic mass is 16.4. The van der Waals surface area contributed by atoms with E-state index in [2.05, 4.69) is 15.4 Å². The summed E-state index contributed by atoms with van der Waals surface area (Å²) >= 11 is 0. The van der Waals surface area contributed by atoms with Crippen LogP contribution < -0.4 is 5.32 Å². The van der Waals surface area contributed by atoms with E-state index in [0.29, 0.717) is 5.82 Å². The molecule has 2 N–H and O–H groups in total. The number of aromatic carboxylic acids is 1. The molecule has 0 saturated heterocycles. The van der Waals surface area contributed by atoms with Crippen LogP contribution in [0.5, 0.6) is 0 Å². The van der Waals surface area contributed by atoms with Crippen LogP contribution >= 0.6 is 0 Å². The summed E-state index contributed by atoms with van der Waals surface area (Å²) in [7, 11) is 0. The first-order chi connectivity index (χ1) is 8.77. The Morgan fingerprint density at radius 3 is 3.11 bits per heavy atom. The van der Waals surface area contributed by atoms with Gasteiger partial charge in [-0.25, -0.2) is 9.48 Å². The molecule has 3 rings (SSSR count). The Hall–Kier alpha value is -2.37. The van der Waals surface area contributed by atoms with Gasteiger partial charge in [0.1, 0.15) is 11.4 Å². The van der Waals surface area contributed by atoms with Gasteiger partial charge < -0.3 is 10.4 Å². The third kappa shape index (κ3) is 1.62. The minimum absolute atomic E-state index is 0.0445. The zero-order valence-corrected chi connectivity index (χ0v) is 9.58. The van der Waals surface area contributed by atoms with Gasteiger partial charge in [0.15, 0.2) is 0 Å². The molecule has 1 unspecified atom stereocenters. The predicted octanol–water partition coefficient (Wildman–Crippen LogP) is 1.38. The molecule has 0 amide bonds. The first-order valence-corrected chi connectivity index (χ1v) is 5.72. The molecular weight excluding hydrogens is 232 g/mol. The molecule has 6 nitrogen and oxygen atoms in total. The van der Waals surface area contributed by atoms with Gasteiger partial charge in [0.05, 0.1) is 12.2 Å². The summed E-state index contributed by atoms with van der Waals surface area (Å²) in [6.07, 6.45) is 5.76. The third-order valence-electron chi connectivity index (χ3n) is 3.10. The summed E-state index contributed by atoms with van der Waals surface area (Å²) in [5, 5.41) is 16.4. The monoisotopic (exact) mass is 244 g/mol. The zero-order valence-electron chi connectivity index (χ0n) is 9.58. The van der Waals surface area contributed by atoms with Crippen molar-refractivity contribution >= 4 is 11.8 Å². The number of anilines is 1. The Bertz CT molecular complexity index is 579. The van der Waals surface area contributed by atoms with Gasteiger partial charge in [-0.1, -0.05) is 6.07 Å². The maximum Gasteiger partial charge on any atom is 0.341 e. The van der Waals surface area contributed by atoms with Crippen LogP contribution in [0.2, 0.25) is 0 Å². The highest BCUT2D eigenvalue weighted by Gasteiger charge is 2.26. The fourth-order valence-corrected chi connectivity index (χ4v) is 2.26. The van der Waals surface area contributed by atoms with Gasteiger partial charge in [-0.15, -0.1) is 0 Å². The lowest BCUT2D eigenvalue weighted by Gasteiger charge is -2.26. The summed E-state index contributed by atoms with van der Waals surface area (Å²) in [5.74, 6) is -0.391. The maximum atomic E-state index is 11.1. The summed E-state index contributed by atoms with van der Waals surface area (Å²) < 4.78 is 1.73. The van der Waals surface area contributed by atoms with Crippen molar-refractivity contribution in [3.8, 4) is 0 Å². The van der Waals surface area contributed by atoms with Crippen LogP contribution in [0.15, 0.2) is 30.7 Å². The number of pyridine rings is 1. The molecule has 0 saturated carbocycles. The first-order valence-electron chi connectivity index (χ1n) is 5.72. The third-order valence-corrected chi connectivity index (χ3v) is 3.10. The zero-order chi connectivity index (χ0) is 12.5. The Morgan fingerprint density at radius 2 is 2.39 bits per heavy atom. The van der Waals surface area contributed by atoms with Crippen LogP contribution in [0.1, 0.15) is 28.4 Å². The van der Waals surface area contributed by atoms with Crippen molar-refractivity contribution in [2.45, 2.75) is 12.5 Å². The number of rotatable bonds is 2.